The van der Waals surface area contributed by atoms with Crippen LogP contribution in [0.25, 0.3) is 0 Å². The first-order valence-electron chi connectivity index (χ1n) is 8.59. The van der Waals surface area contributed by atoms with E-state index in [1.54, 1.807) is 6.92 Å². The number of nitrogens with zero attached hydrogens (tertiary/aromatic N) is 4. The maximum Gasteiger partial charge on any atom is 0.216 e. The van der Waals surface area contributed by atoms with Crippen LogP contribution in [0.5, 0.6) is 11.5 Å². The molecule has 0 aliphatic rings. The zero-order valence-corrected chi connectivity index (χ0v) is 16.6. The molecule has 28 heavy (non-hydrogen) atoms. The van der Waals surface area contributed by atoms with E-state index in [1.807, 2.05) is 26.0 Å². The lowest BCUT2D eigenvalue weighted by Gasteiger charge is -2.08. The predicted molar refractivity (Wildman–Crippen MR) is 107 cm³/mol. The summed E-state index contributed by atoms with van der Waals surface area (Å²) in [5, 5.41) is 30.9. The van der Waals surface area contributed by atoms with E-state index < -0.39 is 0 Å². The van der Waals surface area contributed by atoms with Crippen LogP contribution in [0.15, 0.2) is 29.5 Å². The molecule has 1 aromatic carbocycles. The number of H-pyrrole nitrogens is 1. The molecule has 3 aromatic rings. The van der Waals surface area contributed by atoms with Gasteiger partial charge in [-0.1, -0.05) is 6.07 Å². The van der Waals surface area contributed by atoms with Gasteiger partial charge in [0, 0.05) is 17.3 Å². The zero-order valence-electron chi connectivity index (χ0n) is 15.8. The van der Waals surface area contributed by atoms with Gasteiger partial charge in [-0.05, 0) is 56.2 Å². The van der Waals surface area contributed by atoms with Crippen molar-refractivity contribution in [3.63, 3.8) is 0 Å². The first-order valence-corrected chi connectivity index (χ1v) is 9.00. The molecule has 0 amide bonds. The minimum Gasteiger partial charge on any atom is -0.505 e. The highest BCUT2D eigenvalue weighted by Crippen LogP contribution is 2.22. The first-order chi connectivity index (χ1) is 13.4. The normalized spacial score (nSPS) is 11.3. The Labute approximate surface area is 167 Å². The summed E-state index contributed by atoms with van der Waals surface area (Å²) in [6.07, 6.45) is 2.91. The van der Waals surface area contributed by atoms with E-state index in [0.29, 0.717) is 22.6 Å². The molecule has 0 aliphatic carbocycles. The molecule has 2 heterocycles. The van der Waals surface area contributed by atoms with Crippen molar-refractivity contribution in [3.8, 4) is 11.5 Å². The quantitative estimate of drug-likeness (QED) is 0.434. The summed E-state index contributed by atoms with van der Waals surface area (Å²) in [5.41, 5.74) is 3.47. The lowest BCUT2D eigenvalue weighted by Crippen LogP contribution is -2.05. The summed E-state index contributed by atoms with van der Waals surface area (Å²) in [4.78, 5) is 4.03. The summed E-state index contributed by atoms with van der Waals surface area (Å²) in [6, 6.07) is 5.94. The lowest BCUT2D eigenvalue weighted by molar-refractivity contribution is 0.280. The maximum absolute atomic E-state index is 10.2. The average molecular weight is 399 g/mol. The van der Waals surface area contributed by atoms with Gasteiger partial charge < -0.3 is 14.9 Å². The van der Waals surface area contributed by atoms with Crippen molar-refractivity contribution < 1.29 is 14.9 Å². The van der Waals surface area contributed by atoms with Crippen LogP contribution in [0.1, 0.15) is 33.8 Å². The molecular weight excluding hydrogens is 378 g/mol. The molecular formula is C19H21N5O3S. The standard InChI is InChI=1S/C19H21N5O3S/c1-11-4-12(2)6-15(5-11)27-10-17-22-23-19(28)24(17)21-8-16-14(9-25)7-20-13(3)18(16)26/h4-8,25-26H,9-10H2,1-3H3,(H,23,28)/b21-8+. The largest absolute Gasteiger partial charge is 0.505 e. The first kappa shape index (κ1) is 19.7. The summed E-state index contributed by atoms with van der Waals surface area (Å²) < 4.78 is 7.52. The van der Waals surface area contributed by atoms with Crippen molar-refractivity contribution in [2.45, 2.75) is 34.0 Å². The fraction of sp³-hybridized carbons (Fsp3) is 0.263. The minimum absolute atomic E-state index is 0.0432. The van der Waals surface area contributed by atoms with Gasteiger partial charge in [0.05, 0.1) is 18.5 Å². The zero-order chi connectivity index (χ0) is 20.3. The van der Waals surface area contributed by atoms with Crippen molar-refractivity contribution in [2.24, 2.45) is 5.10 Å². The number of aryl methyl sites for hydroxylation is 3. The molecule has 8 nitrogen and oxygen atoms in total. The highest BCUT2D eigenvalue weighted by atomic mass is 32.1. The van der Waals surface area contributed by atoms with Gasteiger partial charge in [-0.25, -0.2) is 5.10 Å². The van der Waals surface area contributed by atoms with Crippen LogP contribution in [0.3, 0.4) is 0 Å². The van der Waals surface area contributed by atoms with Gasteiger partial charge in [0.1, 0.15) is 18.1 Å². The predicted octanol–water partition coefficient (Wildman–Crippen LogP) is 2.92. The van der Waals surface area contributed by atoms with Crippen LogP contribution in [0.2, 0.25) is 0 Å². The van der Waals surface area contributed by atoms with E-state index in [4.69, 9.17) is 17.0 Å². The molecule has 0 fully saturated rings. The second-order valence-corrected chi connectivity index (χ2v) is 6.79. The lowest BCUT2D eigenvalue weighted by atomic mass is 10.1. The number of benzene rings is 1. The Hall–Kier alpha value is -3.04. The van der Waals surface area contributed by atoms with Crippen molar-refractivity contribution in [3.05, 3.63) is 62.9 Å². The smallest absolute Gasteiger partial charge is 0.216 e. The summed E-state index contributed by atoms with van der Waals surface area (Å²) in [6.45, 7) is 5.55. The van der Waals surface area contributed by atoms with E-state index >= 15 is 0 Å². The van der Waals surface area contributed by atoms with Crippen LogP contribution < -0.4 is 4.74 Å². The van der Waals surface area contributed by atoms with Crippen LogP contribution in [-0.2, 0) is 13.2 Å². The Morgan fingerprint density at radius 1 is 1.25 bits per heavy atom. The van der Waals surface area contributed by atoms with Crippen LogP contribution >= 0.6 is 12.2 Å². The molecule has 146 valence electrons. The monoisotopic (exact) mass is 399 g/mol. The molecule has 0 unspecified atom stereocenters. The van der Waals surface area contributed by atoms with Gasteiger partial charge in [0.15, 0.2) is 5.82 Å². The molecule has 3 rings (SSSR count). The molecule has 0 bridgehead atoms. The topological polar surface area (TPSA) is 109 Å². The number of aromatic hydroxyl groups is 1. The Morgan fingerprint density at radius 2 is 1.96 bits per heavy atom. The van der Waals surface area contributed by atoms with Crippen molar-refractivity contribution in [1.29, 1.82) is 0 Å². The molecule has 0 radical (unpaired) electrons. The minimum atomic E-state index is -0.276. The molecule has 9 heteroatoms. The van der Waals surface area contributed by atoms with E-state index in [0.717, 1.165) is 16.9 Å². The molecule has 0 spiro atoms. The van der Waals surface area contributed by atoms with E-state index in [-0.39, 0.29) is 23.7 Å². The number of aliphatic hydroxyl groups excluding tert-OH is 1. The average Bonchev–Trinajstić information content (AvgIpc) is 3.00. The van der Waals surface area contributed by atoms with E-state index in [1.165, 1.54) is 17.1 Å². The molecule has 0 atom stereocenters. The second kappa shape index (κ2) is 8.32. The van der Waals surface area contributed by atoms with E-state index in [2.05, 4.69) is 26.3 Å². The van der Waals surface area contributed by atoms with Gasteiger partial charge in [-0.3, -0.25) is 4.98 Å². The number of hydrogen-bond donors (Lipinski definition) is 3. The van der Waals surface area contributed by atoms with Gasteiger partial charge in [-0.2, -0.15) is 14.9 Å². The highest BCUT2D eigenvalue weighted by molar-refractivity contribution is 7.71. The fourth-order valence-corrected chi connectivity index (χ4v) is 2.94. The summed E-state index contributed by atoms with van der Waals surface area (Å²) in [7, 11) is 0. The molecule has 2 aromatic heterocycles. The number of aromatic amines is 1. The number of aromatic nitrogens is 4. The Morgan fingerprint density at radius 3 is 2.64 bits per heavy atom. The number of aliphatic hydroxyl groups is 1. The maximum atomic E-state index is 10.2. The Balaban J connectivity index is 1.87. The highest BCUT2D eigenvalue weighted by Gasteiger charge is 2.11. The second-order valence-electron chi connectivity index (χ2n) is 6.40. The Bertz CT molecular complexity index is 1070. The summed E-state index contributed by atoms with van der Waals surface area (Å²) in [5.74, 6) is 1.15. The SMILES string of the molecule is Cc1cc(C)cc(OCc2n[nH]c(=S)n2/N=C/c2c(CO)cnc(C)c2O)c1. The van der Waals surface area contributed by atoms with Crippen molar-refractivity contribution in [1.82, 2.24) is 19.9 Å². The number of nitrogens with one attached hydrogen (secondary N) is 1. The van der Waals surface area contributed by atoms with Crippen LogP contribution in [0.4, 0.5) is 0 Å². The molecule has 3 N–H and O–H groups in total. The van der Waals surface area contributed by atoms with Crippen LogP contribution in [-0.4, -0.2) is 36.3 Å². The third kappa shape index (κ3) is 4.26. The van der Waals surface area contributed by atoms with E-state index in [9.17, 15) is 10.2 Å². The fourth-order valence-electron chi connectivity index (χ4n) is 2.74. The van der Waals surface area contributed by atoms with Gasteiger partial charge in [-0.15, -0.1) is 0 Å². The molecule has 0 aliphatic heterocycles. The van der Waals surface area contributed by atoms with Gasteiger partial charge >= 0.3 is 0 Å². The molecule has 0 saturated carbocycles. The number of pyridine rings is 1. The number of rotatable bonds is 6. The third-order valence-corrected chi connectivity index (χ3v) is 4.38. The third-order valence-electron chi connectivity index (χ3n) is 4.11. The Kier molecular flexibility index (Phi) is 5.86. The number of ether oxygens (including phenoxy) is 1. The molecule has 0 saturated heterocycles. The van der Waals surface area contributed by atoms with Gasteiger partial charge in [0.25, 0.3) is 0 Å². The van der Waals surface area contributed by atoms with Crippen LogP contribution in [0, 0.1) is 25.5 Å². The summed E-state index contributed by atoms with van der Waals surface area (Å²) >= 11 is 5.23. The van der Waals surface area contributed by atoms with Crippen molar-refractivity contribution >= 4 is 18.4 Å². The van der Waals surface area contributed by atoms with Crippen molar-refractivity contribution in [2.75, 3.05) is 0 Å². The number of hydrogen-bond acceptors (Lipinski definition) is 7. The van der Waals surface area contributed by atoms with Gasteiger partial charge in [0.2, 0.25) is 4.77 Å².